The van der Waals surface area contributed by atoms with Gasteiger partial charge in [0.1, 0.15) is 4.83 Å². The van der Waals surface area contributed by atoms with E-state index >= 15 is 0 Å². The number of para-hydroxylation sites is 5. The Kier molecular flexibility index (Phi) is 6.09. The summed E-state index contributed by atoms with van der Waals surface area (Å²) in [5.41, 5.74) is 12.1. The second-order valence-corrected chi connectivity index (χ2v) is 14.0. The lowest BCUT2D eigenvalue weighted by molar-refractivity contribution is 1.18. The lowest BCUT2D eigenvalue weighted by Crippen LogP contribution is -1.95. The maximum atomic E-state index is 5.31. The van der Waals surface area contributed by atoms with Crippen molar-refractivity contribution < 1.29 is 0 Å². The summed E-state index contributed by atoms with van der Waals surface area (Å²) >= 11 is 1.71. The van der Waals surface area contributed by atoms with E-state index in [4.69, 9.17) is 9.97 Å². The van der Waals surface area contributed by atoms with Crippen molar-refractivity contribution in [2.75, 3.05) is 0 Å². The zero-order valence-corrected chi connectivity index (χ0v) is 28.2. The molecule has 0 atom stereocenters. The van der Waals surface area contributed by atoms with Crippen molar-refractivity contribution in [1.29, 1.82) is 0 Å². The maximum Gasteiger partial charge on any atom is 0.126 e. The van der Waals surface area contributed by atoms with Crippen LogP contribution in [0.2, 0.25) is 0 Å². The molecule has 0 spiro atoms. The van der Waals surface area contributed by atoms with Crippen LogP contribution in [0.15, 0.2) is 170 Å². The highest BCUT2D eigenvalue weighted by Crippen LogP contribution is 2.40. The van der Waals surface area contributed by atoms with E-state index in [2.05, 4.69) is 179 Å². The molecule has 0 aliphatic heterocycles. The molecule has 5 heterocycles. The van der Waals surface area contributed by atoms with Gasteiger partial charge in [-0.2, -0.15) is 0 Å². The summed E-state index contributed by atoms with van der Waals surface area (Å²) < 4.78 is 5.86. The Morgan fingerprint density at radius 3 is 1.80 bits per heavy atom. The summed E-state index contributed by atoms with van der Waals surface area (Å²) in [6.07, 6.45) is 0. The van der Waals surface area contributed by atoms with Gasteiger partial charge in [0, 0.05) is 49.4 Å². The number of fused-ring (bicyclic) bond motifs is 9. The first-order valence-corrected chi connectivity index (χ1v) is 18.0. The van der Waals surface area contributed by atoms with Gasteiger partial charge in [0.15, 0.2) is 0 Å². The van der Waals surface area contributed by atoms with Gasteiger partial charge in [-0.25, -0.2) is 9.97 Å². The molecule has 0 radical (unpaired) electrons. The molecule has 5 aromatic heterocycles. The van der Waals surface area contributed by atoms with E-state index in [9.17, 15) is 0 Å². The monoisotopic (exact) mass is 668 g/mol. The molecule has 0 amide bonds. The van der Waals surface area contributed by atoms with E-state index in [1.165, 1.54) is 43.6 Å². The molecule has 4 nitrogen and oxygen atoms in total. The lowest BCUT2D eigenvalue weighted by Gasteiger charge is -2.11. The number of hydrogen-bond acceptors (Lipinski definition) is 3. The van der Waals surface area contributed by atoms with Gasteiger partial charge in [-0.1, -0.05) is 103 Å². The number of benzene rings is 6. The average Bonchev–Trinajstić information content (AvgIpc) is 3.85. The van der Waals surface area contributed by atoms with Crippen molar-refractivity contribution in [1.82, 2.24) is 19.1 Å². The van der Waals surface area contributed by atoms with Crippen LogP contribution in [0.4, 0.5) is 0 Å². The molecule has 6 aromatic carbocycles. The normalized spacial score (nSPS) is 11.9. The van der Waals surface area contributed by atoms with Crippen LogP contribution < -0.4 is 0 Å². The highest BCUT2D eigenvalue weighted by Gasteiger charge is 2.19. The Bertz CT molecular complexity index is 3130. The minimum absolute atomic E-state index is 0.954. The third kappa shape index (κ3) is 4.25. The van der Waals surface area contributed by atoms with Gasteiger partial charge in [-0.3, -0.25) is 0 Å². The highest BCUT2D eigenvalue weighted by atomic mass is 32.1. The molecule has 11 aromatic rings. The summed E-state index contributed by atoms with van der Waals surface area (Å²) in [5, 5.41) is 6.02. The van der Waals surface area contributed by atoms with Crippen molar-refractivity contribution in [2.24, 2.45) is 0 Å². The Morgan fingerprint density at radius 2 is 1.02 bits per heavy atom. The smallest absolute Gasteiger partial charge is 0.126 e. The third-order valence-corrected chi connectivity index (χ3v) is 11.2. The second kappa shape index (κ2) is 11.0. The molecule has 0 unspecified atom stereocenters. The number of aromatic nitrogens is 4. The molecule has 11 rings (SSSR count). The van der Waals surface area contributed by atoms with Gasteiger partial charge in [-0.15, -0.1) is 11.3 Å². The molecule has 0 saturated heterocycles. The Morgan fingerprint density at radius 1 is 0.412 bits per heavy atom. The van der Waals surface area contributed by atoms with Crippen molar-refractivity contribution in [3.63, 3.8) is 0 Å². The zero-order valence-electron chi connectivity index (χ0n) is 27.4. The minimum Gasteiger partial charge on any atom is -0.309 e. The second-order valence-electron chi connectivity index (χ2n) is 13.0. The van der Waals surface area contributed by atoms with Crippen LogP contribution >= 0.6 is 11.3 Å². The Balaban J connectivity index is 1.07. The number of pyridine rings is 2. The topological polar surface area (TPSA) is 35.6 Å². The fourth-order valence-electron chi connectivity index (χ4n) is 7.89. The summed E-state index contributed by atoms with van der Waals surface area (Å²) in [6, 6.07) is 60.5. The van der Waals surface area contributed by atoms with Crippen LogP contribution in [-0.2, 0) is 0 Å². The molecule has 0 bridgehead atoms. The molecule has 5 heteroatoms. The number of hydrogen-bond donors (Lipinski definition) is 0. The third-order valence-electron chi connectivity index (χ3n) is 10.1. The van der Waals surface area contributed by atoms with Crippen molar-refractivity contribution in [3.8, 4) is 33.9 Å². The predicted octanol–water partition coefficient (Wildman–Crippen LogP) is 12.4. The molecule has 238 valence electrons. The SMILES string of the molecule is c1ccc(-n2c3ccccc3c3ccc(-c4ccc5sc6nc(-c7cccc8c9ccccc9n(-c9ccccc9)c78)ccc6c5n4)cc32)cc1. The predicted molar refractivity (Wildman–Crippen MR) is 214 cm³/mol. The fraction of sp³-hybridized carbons (Fsp3) is 0. The standard InChI is InChI=1S/C46H28N4S/c1-3-12-30(13-4-1)49-40-20-9-7-16-32(40)34-23-22-29(28-42(34)49)38-26-27-43-44(47-38)37-24-25-39(48-46(37)51-43)36-19-11-18-35-33-17-8-10-21-41(33)50(45(35)36)31-14-5-2-6-15-31/h1-28H. The largest absolute Gasteiger partial charge is 0.309 e. The fourth-order valence-corrected chi connectivity index (χ4v) is 8.91. The first kappa shape index (κ1) is 28.3. The molecule has 0 saturated carbocycles. The summed E-state index contributed by atoms with van der Waals surface area (Å²) in [4.78, 5) is 11.6. The first-order chi connectivity index (χ1) is 25.3. The summed E-state index contributed by atoms with van der Waals surface area (Å²) in [7, 11) is 0. The van der Waals surface area contributed by atoms with E-state index in [0.717, 1.165) is 54.3 Å². The molecular formula is C46H28N4S. The van der Waals surface area contributed by atoms with Crippen LogP contribution in [0.5, 0.6) is 0 Å². The molecule has 0 fully saturated rings. The van der Waals surface area contributed by atoms with Gasteiger partial charge in [0.2, 0.25) is 0 Å². The first-order valence-electron chi connectivity index (χ1n) is 17.2. The van der Waals surface area contributed by atoms with Gasteiger partial charge >= 0.3 is 0 Å². The van der Waals surface area contributed by atoms with Gasteiger partial charge < -0.3 is 9.13 Å². The average molecular weight is 669 g/mol. The summed E-state index contributed by atoms with van der Waals surface area (Å²) in [6.45, 7) is 0. The van der Waals surface area contributed by atoms with E-state index < -0.39 is 0 Å². The Hall–Kier alpha value is -6.56. The zero-order chi connectivity index (χ0) is 33.5. The van der Waals surface area contributed by atoms with Crippen LogP contribution in [-0.4, -0.2) is 19.1 Å². The molecule has 0 N–H and O–H groups in total. The summed E-state index contributed by atoms with van der Waals surface area (Å²) in [5.74, 6) is 0. The molecule has 0 aliphatic rings. The van der Waals surface area contributed by atoms with Gasteiger partial charge in [0.05, 0.1) is 43.7 Å². The van der Waals surface area contributed by atoms with E-state index in [-0.39, 0.29) is 0 Å². The quantitative estimate of drug-likeness (QED) is 0.187. The van der Waals surface area contributed by atoms with Crippen LogP contribution in [0.25, 0.3) is 97.9 Å². The van der Waals surface area contributed by atoms with Crippen LogP contribution in [0.3, 0.4) is 0 Å². The van der Waals surface area contributed by atoms with Crippen molar-refractivity contribution >= 4 is 75.4 Å². The van der Waals surface area contributed by atoms with Crippen molar-refractivity contribution in [3.05, 3.63) is 170 Å². The van der Waals surface area contributed by atoms with Gasteiger partial charge in [0.25, 0.3) is 0 Å². The lowest BCUT2D eigenvalue weighted by atomic mass is 10.1. The van der Waals surface area contributed by atoms with E-state index in [1.54, 1.807) is 11.3 Å². The maximum absolute atomic E-state index is 5.31. The molecular weight excluding hydrogens is 641 g/mol. The molecule has 0 aliphatic carbocycles. The van der Waals surface area contributed by atoms with Gasteiger partial charge in [-0.05, 0) is 66.7 Å². The van der Waals surface area contributed by atoms with Crippen molar-refractivity contribution in [2.45, 2.75) is 0 Å². The number of thiophene rings is 1. The van der Waals surface area contributed by atoms with E-state index in [1.807, 2.05) is 0 Å². The molecule has 51 heavy (non-hydrogen) atoms. The number of nitrogens with zero attached hydrogens (tertiary/aromatic N) is 4. The Labute approximate surface area is 297 Å². The van der Waals surface area contributed by atoms with Crippen LogP contribution in [0.1, 0.15) is 0 Å². The minimum atomic E-state index is 0.954. The highest BCUT2D eigenvalue weighted by molar-refractivity contribution is 7.25. The van der Waals surface area contributed by atoms with E-state index in [0.29, 0.717) is 0 Å². The number of rotatable bonds is 4. The van der Waals surface area contributed by atoms with Crippen LogP contribution in [0, 0.1) is 0 Å².